The molecule has 2 heteroatoms. The zero-order chi connectivity index (χ0) is 4.50. The van der Waals surface area contributed by atoms with Crippen LogP contribution in [0, 0.1) is 0 Å². The third-order valence-electron chi connectivity index (χ3n) is 0. The molecule has 0 spiro atoms. The molecule has 0 aliphatic carbocycles. The van der Waals surface area contributed by atoms with Gasteiger partial charge in [0, 0.05) is 0 Å². The van der Waals surface area contributed by atoms with Crippen LogP contribution in [0.1, 0.15) is 0 Å². The van der Waals surface area contributed by atoms with E-state index < -0.39 is 5.15 Å². The van der Waals surface area contributed by atoms with Crippen molar-refractivity contribution in [3.8, 4) is 0 Å². The van der Waals surface area contributed by atoms with Gasteiger partial charge >= 0.3 is 45.7 Å². The van der Waals surface area contributed by atoms with E-state index in [1.54, 1.807) is 0 Å². The summed E-state index contributed by atoms with van der Waals surface area (Å²) in [6.07, 6.45) is 0. The molecule has 0 saturated carbocycles. The average Bonchev–Trinajstić information content (AvgIpc) is 0.722. The summed E-state index contributed by atoms with van der Waals surface area (Å²) in [5.41, 5.74) is 0. The first-order chi connectivity index (χ1) is 2.00. The maximum absolute atomic E-state index is 2.68. The van der Waals surface area contributed by atoms with Crippen molar-refractivity contribution in [1.29, 1.82) is 0 Å². The third kappa shape index (κ3) is 37.9. The van der Waals surface area contributed by atoms with Crippen LogP contribution in [-0.2, 0) is 20.5 Å². The molecule has 0 aliphatic heterocycles. The van der Waals surface area contributed by atoms with E-state index >= 15 is 0 Å². The Kier molecular flexibility index (Phi) is 2.16. The summed E-state index contributed by atoms with van der Waals surface area (Å²) >= 11 is 2.68. The van der Waals surface area contributed by atoms with Gasteiger partial charge in [-0.1, -0.05) is 0 Å². The summed E-state index contributed by atoms with van der Waals surface area (Å²) in [5, 5.41) is -0.667. The number of hydrogen-bond donors (Lipinski definition) is 0. The number of hydrogen-bond acceptors (Lipinski definition) is 0. The van der Waals surface area contributed by atoms with E-state index in [1.165, 1.54) is 0 Å². The van der Waals surface area contributed by atoms with Gasteiger partial charge in [-0.15, -0.1) is 0 Å². The summed E-state index contributed by atoms with van der Waals surface area (Å²) in [7, 11) is 0. The molecule has 0 nitrogen and oxygen atoms in total. The summed E-state index contributed by atoms with van der Waals surface area (Å²) in [6.45, 7) is 6.91. The van der Waals surface area contributed by atoms with Gasteiger partial charge in [-0.05, 0) is 0 Å². The maximum atomic E-state index is 2.68. The fourth-order valence-corrected chi connectivity index (χ4v) is 0. The third-order valence-corrected chi connectivity index (χ3v) is 0. The van der Waals surface area contributed by atoms with Crippen molar-refractivity contribution in [3.05, 3.63) is 0 Å². The zero-order valence-corrected chi connectivity index (χ0v) is 6.97. The first-order valence-electron chi connectivity index (χ1n) is 1.65. The van der Waals surface area contributed by atoms with Crippen molar-refractivity contribution < 1.29 is 20.5 Å². The molecule has 0 N–H and O–H groups in total. The zero-order valence-electron chi connectivity index (χ0n) is 3.80. The Morgan fingerprint density at radius 2 is 1.20 bits per heavy atom. The summed E-state index contributed by atoms with van der Waals surface area (Å²) < 4.78 is 0. The summed E-state index contributed by atoms with van der Waals surface area (Å²) in [5.74, 6) is 0. The molecule has 5 heavy (non-hydrogen) atoms. The molecule has 38 valence electrons. The van der Waals surface area contributed by atoms with Crippen LogP contribution in [0.3, 0.4) is 0 Å². The minimum absolute atomic E-state index is 0.667. The van der Waals surface area contributed by atoms with Crippen molar-refractivity contribution in [2.75, 3.05) is 20.0 Å². The molecule has 0 bridgehead atoms. The minimum atomic E-state index is -0.667. The van der Waals surface area contributed by atoms with Crippen LogP contribution in [0.15, 0.2) is 0 Å². The molecule has 0 aliphatic rings. The Labute approximate surface area is 46.0 Å². The van der Waals surface area contributed by atoms with Gasteiger partial charge < -0.3 is 0 Å². The van der Waals surface area contributed by atoms with Crippen LogP contribution in [0.4, 0.5) is 0 Å². The van der Waals surface area contributed by atoms with Crippen molar-refractivity contribution in [2.24, 2.45) is 0 Å². The molecule has 0 aromatic carbocycles. The molecule has 0 radical (unpaired) electrons. The first-order valence-corrected chi connectivity index (χ1v) is 8.20. The van der Waals surface area contributed by atoms with E-state index in [2.05, 4.69) is 40.5 Å². The molecule has 0 fully saturated rings. The molecule has 0 heterocycles. The monoisotopic (exact) mass is 274 g/mol. The second-order valence-corrected chi connectivity index (χ2v) is 15.6. The topological polar surface area (TPSA) is 0 Å². The Hall–Kier alpha value is 1.17. The molecule has 0 rings (SSSR count). The molecule has 0 aromatic heterocycles. The Morgan fingerprint density at radius 3 is 1.20 bits per heavy atom. The van der Waals surface area contributed by atoms with E-state index in [4.69, 9.17) is 0 Å². The molecule has 0 aromatic rings. The Morgan fingerprint density at radius 1 is 1.20 bits per heavy atom. The van der Waals surface area contributed by atoms with Gasteiger partial charge in [0.05, 0.1) is 0 Å². The van der Waals surface area contributed by atoms with Crippen molar-refractivity contribution in [3.63, 3.8) is 0 Å². The van der Waals surface area contributed by atoms with Gasteiger partial charge in [0.15, 0.2) is 0 Å². The summed E-state index contributed by atoms with van der Waals surface area (Å²) in [4.78, 5) is 0. The van der Waals surface area contributed by atoms with E-state index in [9.17, 15) is 0 Å². The predicted octanol–water partition coefficient (Wildman–Crippen LogP) is 1.09. The Balaban J connectivity index is 3.02. The van der Waals surface area contributed by atoms with Crippen molar-refractivity contribution in [2.45, 2.75) is 0 Å². The van der Waals surface area contributed by atoms with Crippen LogP contribution in [0.5, 0.6) is 0 Å². The number of rotatable bonds is 0. The van der Waals surface area contributed by atoms with Gasteiger partial charge in [0.1, 0.15) is 0 Å². The van der Waals surface area contributed by atoms with Crippen LogP contribution in [-0.4, -0.2) is 20.0 Å². The van der Waals surface area contributed by atoms with Gasteiger partial charge in [-0.3, -0.25) is 0 Å². The molecule has 0 atom stereocenters. The fraction of sp³-hybridized carbons (Fsp3) is 1.00. The molecule has 0 amide bonds. The van der Waals surface area contributed by atoms with Gasteiger partial charge in [-0.25, -0.2) is 0 Å². The molecular formula is C3H10AuP. The summed E-state index contributed by atoms with van der Waals surface area (Å²) in [6, 6.07) is 0. The first kappa shape index (κ1) is 6.17. The second-order valence-electron chi connectivity index (χ2n) is 1.95. The standard InChI is InChI=1S/C3H9P.Au/c1-4(2)3;/h1-3H3;/q;-1/p+1. The van der Waals surface area contributed by atoms with Crippen LogP contribution < -0.4 is 0 Å². The van der Waals surface area contributed by atoms with E-state index in [0.717, 1.165) is 0 Å². The van der Waals surface area contributed by atoms with Gasteiger partial charge in [0.25, 0.3) is 0 Å². The van der Waals surface area contributed by atoms with Crippen molar-refractivity contribution >= 4 is 5.15 Å². The van der Waals surface area contributed by atoms with Gasteiger partial charge in [-0.2, -0.15) is 0 Å². The SMILES string of the molecule is C[PH](C)(C)[Au]. The van der Waals surface area contributed by atoms with Gasteiger partial charge in [0.2, 0.25) is 0 Å². The molecular weight excluding hydrogens is 264 g/mol. The predicted molar refractivity (Wildman–Crippen MR) is 26.1 cm³/mol. The van der Waals surface area contributed by atoms with Crippen LogP contribution in [0.2, 0.25) is 0 Å². The van der Waals surface area contributed by atoms with E-state index in [1.807, 2.05) is 0 Å². The Bertz CT molecular complexity index is 22.4. The fourth-order valence-electron chi connectivity index (χ4n) is 0. The second kappa shape index (κ2) is 1.75. The molecule has 0 saturated heterocycles. The van der Waals surface area contributed by atoms with E-state index in [-0.39, 0.29) is 0 Å². The quantitative estimate of drug-likeness (QED) is 0.458. The average molecular weight is 274 g/mol. The van der Waals surface area contributed by atoms with Crippen molar-refractivity contribution in [1.82, 2.24) is 0 Å². The normalized spacial score (nSPS) is 15.4. The van der Waals surface area contributed by atoms with Crippen LogP contribution >= 0.6 is 5.15 Å². The molecule has 0 unspecified atom stereocenters. The van der Waals surface area contributed by atoms with Crippen LogP contribution in [0.25, 0.3) is 0 Å². The van der Waals surface area contributed by atoms with E-state index in [0.29, 0.717) is 0 Å².